The maximum absolute atomic E-state index is 11.7. The molecule has 1 amide bonds. The van der Waals surface area contributed by atoms with Crippen LogP contribution in [-0.4, -0.2) is 66.6 Å². The minimum Gasteiger partial charge on any atom is -0.400 e. The normalized spacial score (nSPS) is 17.2. The van der Waals surface area contributed by atoms with E-state index in [1.165, 1.54) is 18.3 Å². The van der Waals surface area contributed by atoms with Crippen LogP contribution >= 0.6 is 0 Å². The highest BCUT2D eigenvalue weighted by Gasteiger charge is 2.16. The molecule has 1 N–H and O–H groups in total. The summed E-state index contributed by atoms with van der Waals surface area (Å²) >= 11 is 0. The second kappa shape index (κ2) is 6.95. The van der Waals surface area contributed by atoms with Crippen molar-refractivity contribution in [2.45, 2.75) is 0 Å². The maximum Gasteiger partial charge on any atom is 0.433 e. The van der Waals surface area contributed by atoms with Crippen molar-refractivity contribution in [3.05, 3.63) is 28.0 Å². The predicted octanol–water partition coefficient (Wildman–Crippen LogP) is -0.115. The summed E-state index contributed by atoms with van der Waals surface area (Å²) in [5.74, 6) is -0.376. The maximum atomic E-state index is 11.7. The van der Waals surface area contributed by atoms with Crippen LogP contribution in [0.5, 0.6) is 0 Å². The summed E-state index contributed by atoms with van der Waals surface area (Å²) in [7, 11) is 2.05. The first-order valence-electron chi connectivity index (χ1n) is 6.51. The van der Waals surface area contributed by atoms with Crippen molar-refractivity contribution in [1.82, 2.24) is 15.2 Å². The number of hydrogen-bond acceptors (Lipinski definition) is 7. The number of amides is 1. The van der Waals surface area contributed by atoms with Gasteiger partial charge in [0, 0.05) is 26.2 Å². The van der Waals surface area contributed by atoms with Crippen molar-refractivity contribution in [3.8, 4) is 0 Å². The number of piperazine rings is 1. The predicted molar refractivity (Wildman–Crippen MR) is 75.0 cm³/mol. The van der Waals surface area contributed by atoms with Gasteiger partial charge in [0.1, 0.15) is 4.92 Å². The Morgan fingerprint density at radius 3 is 2.81 bits per heavy atom. The summed E-state index contributed by atoms with van der Waals surface area (Å²) in [6.45, 7) is 3.85. The number of nitrogens with one attached hydrogen (secondary N) is 1. The zero-order valence-corrected chi connectivity index (χ0v) is 11.7. The SMILES string of the molecule is CN1CCN(CC(=O)N/N=C\c2ccc([N+](=O)[O-])o2)CC1. The molecule has 1 aromatic rings. The Balaban J connectivity index is 1.75. The van der Waals surface area contributed by atoms with E-state index in [9.17, 15) is 14.9 Å². The number of carbonyl (C=O) groups is 1. The highest BCUT2D eigenvalue weighted by Crippen LogP contribution is 2.13. The molecule has 1 aliphatic rings. The molecular weight excluding hydrogens is 278 g/mol. The number of furan rings is 1. The first kappa shape index (κ1) is 15.1. The van der Waals surface area contributed by atoms with Crippen molar-refractivity contribution in [3.63, 3.8) is 0 Å². The first-order valence-corrected chi connectivity index (χ1v) is 6.51. The fraction of sp³-hybridized carbons (Fsp3) is 0.500. The first-order chi connectivity index (χ1) is 10.0. The molecule has 0 bridgehead atoms. The molecule has 21 heavy (non-hydrogen) atoms. The molecule has 1 aromatic heterocycles. The fourth-order valence-corrected chi connectivity index (χ4v) is 1.92. The van der Waals surface area contributed by atoms with Gasteiger partial charge >= 0.3 is 5.88 Å². The average molecular weight is 295 g/mol. The topological polar surface area (TPSA) is 104 Å². The van der Waals surface area contributed by atoms with Crippen LogP contribution in [0, 0.1) is 10.1 Å². The number of nitrogens with zero attached hydrogens (tertiary/aromatic N) is 4. The number of likely N-dealkylation sites (N-methyl/N-ethyl adjacent to an activating group) is 1. The molecule has 1 saturated heterocycles. The number of rotatable bonds is 5. The molecule has 9 heteroatoms. The van der Waals surface area contributed by atoms with E-state index in [0.717, 1.165) is 26.2 Å². The summed E-state index contributed by atoms with van der Waals surface area (Å²) in [4.78, 5) is 25.7. The molecule has 9 nitrogen and oxygen atoms in total. The largest absolute Gasteiger partial charge is 0.433 e. The highest BCUT2D eigenvalue weighted by molar-refractivity contribution is 5.81. The van der Waals surface area contributed by atoms with Gasteiger partial charge in [-0.2, -0.15) is 5.10 Å². The molecule has 0 aromatic carbocycles. The smallest absolute Gasteiger partial charge is 0.400 e. The summed E-state index contributed by atoms with van der Waals surface area (Å²) < 4.78 is 4.87. The zero-order chi connectivity index (χ0) is 15.2. The van der Waals surface area contributed by atoms with Gasteiger partial charge < -0.3 is 9.32 Å². The molecule has 1 fully saturated rings. The third-order valence-electron chi connectivity index (χ3n) is 3.14. The summed E-state index contributed by atoms with van der Waals surface area (Å²) in [5.41, 5.74) is 2.37. The van der Waals surface area contributed by atoms with Crippen LogP contribution in [-0.2, 0) is 4.79 Å². The monoisotopic (exact) mass is 295 g/mol. The van der Waals surface area contributed by atoms with Gasteiger partial charge in [-0.3, -0.25) is 19.8 Å². The van der Waals surface area contributed by atoms with Crippen LogP contribution in [0.1, 0.15) is 5.76 Å². The Labute approximate surface area is 121 Å². The molecule has 0 radical (unpaired) electrons. The van der Waals surface area contributed by atoms with Gasteiger partial charge in [0.2, 0.25) is 0 Å². The third kappa shape index (κ3) is 4.65. The van der Waals surface area contributed by atoms with Crippen molar-refractivity contribution in [2.24, 2.45) is 5.10 Å². The van der Waals surface area contributed by atoms with Crippen molar-refractivity contribution >= 4 is 18.0 Å². The van der Waals surface area contributed by atoms with Gasteiger partial charge in [0.25, 0.3) is 5.91 Å². The molecule has 0 aliphatic carbocycles. The number of hydrogen-bond donors (Lipinski definition) is 1. The molecule has 2 heterocycles. The second-order valence-corrected chi connectivity index (χ2v) is 4.81. The summed E-state index contributed by atoms with van der Waals surface area (Å²) in [6, 6.07) is 2.64. The van der Waals surface area contributed by atoms with E-state index in [1.54, 1.807) is 0 Å². The highest BCUT2D eigenvalue weighted by atomic mass is 16.6. The quantitative estimate of drug-likeness (QED) is 0.461. The van der Waals surface area contributed by atoms with Gasteiger partial charge in [-0.05, 0) is 13.1 Å². The number of hydrazone groups is 1. The van der Waals surface area contributed by atoms with Crippen LogP contribution in [0.2, 0.25) is 0 Å². The lowest BCUT2D eigenvalue weighted by Crippen LogP contribution is -2.47. The lowest BCUT2D eigenvalue weighted by molar-refractivity contribution is -0.402. The number of carbonyl (C=O) groups excluding carboxylic acids is 1. The van der Waals surface area contributed by atoms with E-state index in [1.807, 2.05) is 11.9 Å². The van der Waals surface area contributed by atoms with Gasteiger partial charge in [-0.25, -0.2) is 5.43 Å². The van der Waals surface area contributed by atoms with Crippen molar-refractivity contribution in [2.75, 3.05) is 39.8 Å². The molecule has 0 spiro atoms. The Morgan fingerprint density at radius 1 is 1.48 bits per heavy atom. The van der Waals surface area contributed by atoms with E-state index < -0.39 is 4.92 Å². The summed E-state index contributed by atoms with van der Waals surface area (Å²) in [5, 5.41) is 14.1. The Morgan fingerprint density at radius 2 is 2.19 bits per heavy atom. The van der Waals surface area contributed by atoms with Crippen LogP contribution in [0.4, 0.5) is 5.88 Å². The van der Waals surface area contributed by atoms with E-state index in [0.29, 0.717) is 0 Å². The van der Waals surface area contributed by atoms with Crippen LogP contribution < -0.4 is 5.43 Å². The lowest BCUT2D eigenvalue weighted by Gasteiger charge is -2.31. The third-order valence-corrected chi connectivity index (χ3v) is 3.14. The van der Waals surface area contributed by atoms with Crippen LogP contribution in [0.3, 0.4) is 0 Å². The number of nitro groups is 1. The van der Waals surface area contributed by atoms with E-state index in [-0.39, 0.29) is 24.1 Å². The lowest BCUT2D eigenvalue weighted by atomic mass is 10.3. The minimum atomic E-state index is -0.636. The van der Waals surface area contributed by atoms with Crippen LogP contribution in [0.25, 0.3) is 0 Å². The second-order valence-electron chi connectivity index (χ2n) is 4.81. The van der Waals surface area contributed by atoms with E-state index >= 15 is 0 Å². The van der Waals surface area contributed by atoms with Gasteiger partial charge in [0.05, 0.1) is 18.8 Å². The van der Waals surface area contributed by atoms with Gasteiger partial charge in [-0.1, -0.05) is 0 Å². The Kier molecular flexibility index (Phi) is 5.01. The van der Waals surface area contributed by atoms with Crippen LogP contribution in [0.15, 0.2) is 21.7 Å². The standard InChI is InChI=1S/C12H17N5O4/c1-15-4-6-16(7-5-15)9-11(18)14-13-8-10-2-3-12(21-10)17(19)20/h2-3,8H,4-7,9H2,1H3,(H,14,18)/b13-8-. The fourth-order valence-electron chi connectivity index (χ4n) is 1.92. The molecule has 0 unspecified atom stereocenters. The Bertz CT molecular complexity index is 534. The van der Waals surface area contributed by atoms with Gasteiger partial charge in [0.15, 0.2) is 5.76 Å². The Hall–Kier alpha value is -2.26. The zero-order valence-electron chi connectivity index (χ0n) is 11.7. The molecular formula is C12H17N5O4. The molecule has 2 rings (SSSR count). The molecule has 0 atom stereocenters. The van der Waals surface area contributed by atoms with E-state index in [4.69, 9.17) is 4.42 Å². The molecule has 1 aliphatic heterocycles. The minimum absolute atomic E-state index is 0.210. The van der Waals surface area contributed by atoms with Crippen molar-refractivity contribution < 1.29 is 14.1 Å². The summed E-state index contributed by atoms with van der Waals surface area (Å²) in [6.07, 6.45) is 1.23. The van der Waals surface area contributed by atoms with Crippen molar-refractivity contribution in [1.29, 1.82) is 0 Å². The molecule has 0 saturated carbocycles. The molecule has 114 valence electrons. The van der Waals surface area contributed by atoms with E-state index in [2.05, 4.69) is 15.4 Å². The average Bonchev–Trinajstić information content (AvgIpc) is 2.90. The van der Waals surface area contributed by atoms with Gasteiger partial charge in [-0.15, -0.1) is 0 Å².